The van der Waals surface area contributed by atoms with Crippen molar-refractivity contribution in [2.24, 2.45) is 0 Å². The van der Waals surface area contributed by atoms with E-state index >= 15 is 0 Å². The summed E-state index contributed by atoms with van der Waals surface area (Å²) in [7, 11) is 0. The van der Waals surface area contributed by atoms with E-state index in [0.29, 0.717) is 5.56 Å². The predicted octanol–water partition coefficient (Wildman–Crippen LogP) is 6.87. The second-order valence-electron chi connectivity index (χ2n) is 5.40. The van der Waals surface area contributed by atoms with Gasteiger partial charge in [0.1, 0.15) is 5.75 Å². The Morgan fingerprint density at radius 2 is 1.46 bits per heavy atom. The van der Waals surface area contributed by atoms with Crippen LogP contribution in [0.4, 0.5) is 5.69 Å². The normalized spacial score (nSPS) is 9.15. The Morgan fingerprint density at radius 3 is 2.00 bits per heavy atom. The van der Waals surface area contributed by atoms with E-state index in [1.807, 2.05) is 71.0 Å². The van der Waals surface area contributed by atoms with E-state index in [-0.39, 0.29) is 5.91 Å². The van der Waals surface area contributed by atoms with Gasteiger partial charge in [-0.3, -0.25) is 4.79 Å². The number of carbonyl (C=O) groups is 1. The Hall–Kier alpha value is -2.29. The molecule has 0 saturated heterocycles. The zero-order chi connectivity index (χ0) is 19.8. The van der Waals surface area contributed by atoms with Crippen molar-refractivity contribution in [2.75, 3.05) is 11.9 Å². The minimum Gasteiger partial charge on any atom is -0.494 e. The van der Waals surface area contributed by atoms with Gasteiger partial charge >= 0.3 is 0 Å². The molecule has 0 spiro atoms. The fourth-order valence-electron chi connectivity index (χ4n) is 2.08. The van der Waals surface area contributed by atoms with Crippen LogP contribution in [0.3, 0.4) is 0 Å². The number of rotatable bonds is 7. The Kier molecular flexibility index (Phi) is 13.7. The average molecular weight is 358 g/mol. The van der Waals surface area contributed by atoms with Crippen molar-refractivity contribution in [3.05, 3.63) is 59.7 Å². The number of anilines is 1. The number of unbranched alkanes of at least 4 members (excludes halogenated alkanes) is 2. The molecule has 0 aromatic heterocycles. The Labute approximate surface area is 159 Å². The molecule has 2 aromatic carbocycles. The number of nitrogens with one attached hydrogen (secondary N) is 1. The van der Waals surface area contributed by atoms with Crippen LogP contribution in [0.5, 0.6) is 5.75 Å². The van der Waals surface area contributed by atoms with Crippen LogP contribution in [-0.4, -0.2) is 12.5 Å². The maximum Gasteiger partial charge on any atom is 0.255 e. The van der Waals surface area contributed by atoms with Crippen molar-refractivity contribution in [2.45, 2.75) is 60.8 Å². The van der Waals surface area contributed by atoms with Gasteiger partial charge in [-0.2, -0.15) is 0 Å². The summed E-state index contributed by atoms with van der Waals surface area (Å²) >= 11 is 0. The second-order valence-corrected chi connectivity index (χ2v) is 5.40. The topological polar surface area (TPSA) is 38.3 Å². The van der Waals surface area contributed by atoms with Crippen molar-refractivity contribution >= 4 is 11.6 Å². The third kappa shape index (κ3) is 9.26. The van der Waals surface area contributed by atoms with Gasteiger partial charge in [0.15, 0.2) is 0 Å². The molecule has 0 bridgehead atoms. The molecule has 0 heterocycles. The Morgan fingerprint density at radius 1 is 0.885 bits per heavy atom. The highest BCUT2D eigenvalue weighted by Crippen LogP contribution is 2.15. The van der Waals surface area contributed by atoms with Gasteiger partial charge in [0.05, 0.1) is 6.61 Å². The van der Waals surface area contributed by atoms with Crippen molar-refractivity contribution in [3.8, 4) is 5.75 Å². The van der Waals surface area contributed by atoms with Gasteiger partial charge in [0, 0.05) is 11.3 Å². The average Bonchev–Trinajstić information content (AvgIpc) is 2.70. The molecule has 0 aliphatic rings. The maximum atomic E-state index is 12.2. The lowest BCUT2D eigenvalue weighted by molar-refractivity contribution is 0.102. The summed E-state index contributed by atoms with van der Waals surface area (Å²) in [4.78, 5) is 12.2. The number of hydrogen-bond donors (Lipinski definition) is 1. The van der Waals surface area contributed by atoms with Crippen molar-refractivity contribution in [1.29, 1.82) is 0 Å². The van der Waals surface area contributed by atoms with E-state index in [9.17, 15) is 4.79 Å². The van der Waals surface area contributed by atoms with E-state index < -0.39 is 0 Å². The van der Waals surface area contributed by atoms with Crippen molar-refractivity contribution < 1.29 is 9.53 Å². The molecule has 26 heavy (non-hydrogen) atoms. The third-order valence-electron chi connectivity index (χ3n) is 3.44. The molecular weight excluding hydrogens is 322 g/mol. The zero-order valence-electron chi connectivity index (χ0n) is 17.3. The van der Waals surface area contributed by atoms with Gasteiger partial charge in [-0.25, -0.2) is 0 Å². The molecule has 1 N–H and O–H groups in total. The van der Waals surface area contributed by atoms with Gasteiger partial charge < -0.3 is 10.1 Å². The summed E-state index contributed by atoms with van der Waals surface area (Å²) in [6.45, 7) is 12.9. The van der Waals surface area contributed by atoms with Gasteiger partial charge in [0.25, 0.3) is 5.91 Å². The summed E-state index contributed by atoms with van der Waals surface area (Å²) in [6.07, 6.45) is 3.42. The van der Waals surface area contributed by atoms with Crippen LogP contribution < -0.4 is 10.1 Å². The quantitative estimate of drug-likeness (QED) is 0.549. The minimum atomic E-state index is -0.110. The monoisotopic (exact) mass is 357 g/mol. The maximum absolute atomic E-state index is 12.2. The highest BCUT2D eigenvalue weighted by atomic mass is 16.5. The molecule has 0 atom stereocenters. The fraction of sp³-hybridized carbons (Fsp3) is 0.435. The Balaban J connectivity index is 0.00000146. The number of benzene rings is 2. The first kappa shape index (κ1) is 23.7. The standard InChI is InChI=1S/C19H23NO2.2C2H6/c1-3-4-5-14-22-18-12-8-16(9-13-18)19(21)20-17-10-6-15(2)7-11-17;2*1-2/h6-13H,3-5,14H2,1-2H3,(H,20,21);2*1-2H3. The van der Waals surface area contributed by atoms with E-state index in [2.05, 4.69) is 12.2 Å². The van der Waals surface area contributed by atoms with Crippen LogP contribution in [0.2, 0.25) is 0 Å². The first-order chi connectivity index (χ1) is 12.7. The first-order valence-corrected chi connectivity index (χ1v) is 9.80. The molecular formula is C23H35NO2. The summed E-state index contributed by atoms with van der Waals surface area (Å²) < 4.78 is 5.64. The van der Waals surface area contributed by atoms with Crippen LogP contribution in [0, 0.1) is 6.92 Å². The summed E-state index contributed by atoms with van der Waals surface area (Å²) in [5.41, 5.74) is 2.60. The lowest BCUT2D eigenvalue weighted by atomic mass is 10.2. The number of carbonyl (C=O) groups excluding carboxylic acids is 1. The molecule has 0 fully saturated rings. The van der Waals surface area contributed by atoms with Gasteiger partial charge in [-0.1, -0.05) is 65.2 Å². The van der Waals surface area contributed by atoms with E-state index in [0.717, 1.165) is 24.5 Å². The zero-order valence-corrected chi connectivity index (χ0v) is 17.3. The van der Waals surface area contributed by atoms with Crippen LogP contribution in [0.25, 0.3) is 0 Å². The lowest BCUT2D eigenvalue weighted by Gasteiger charge is -2.08. The van der Waals surface area contributed by atoms with Gasteiger partial charge in [-0.05, 0) is 49.7 Å². The minimum absolute atomic E-state index is 0.110. The van der Waals surface area contributed by atoms with E-state index in [1.54, 1.807) is 12.1 Å². The number of aryl methyl sites for hydroxylation is 1. The van der Waals surface area contributed by atoms with Crippen LogP contribution >= 0.6 is 0 Å². The summed E-state index contributed by atoms with van der Waals surface area (Å²) in [6, 6.07) is 15.0. The van der Waals surface area contributed by atoms with Crippen LogP contribution in [0.1, 0.15) is 69.8 Å². The molecule has 3 heteroatoms. The third-order valence-corrected chi connectivity index (χ3v) is 3.44. The van der Waals surface area contributed by atoms with E-state index in [4.69, 9.17) is 4.74 Å². The van der Waals surface area contributed by atoms with Crippen molar-refractivity contribution in [1.82, 2.24) is 0 Å². The molecule has 0 aliphatic heterocycles. The molecule has 144 valence electrons. The summed E-state index contributed by atoms with van der Waals surface area (Å²) in [5.74, 6) is 0.698. The largest absolute Gasteiger partial charge is 0.494 e. The smallest absolute Gasteiger partial charge is 0.255 e. The first-order valence-electron chi connectivity index (χ1n) is 9.80. The highest BCUT2D eigenvalue weighted by Gasteiger charge is 2.06. The fourth-order valence-corrected chi connectivity index (χ4v) is 2.08. The van der Waals surface area contributed by atoms with Crippen LogP contribution in [-0.2, 0) is 0 Å². The van der Waals surface area contributed by atoms with Crippen molar-refractivity contribution in [3.63, 3.8) is 0 Å². The number of amides is 1. The molecule has 0 aliphatic carbocycles. The predicted molar refractivity (Wildman–Crippen MR) is 113 cm³/mol. The molecule has 3 nitrogen and oxygen atoms in total. The highest BCUT2D eigenvalue weighted by molar-refractivity contribution is 6.04. The second kappa shape index (κ2) is 15.0. The lowest BCUT2D eigenvalue weighted by Crippen LogP contribution is -2.11. The van der Waals surface area contributed by atoms with Gasteiger partial charge in [-0.15, -0.1) is 0 Å². The van der Waals surface area contributed by atoms with E-state index in [1.165, 1.54) is 18.4 Å². The molecule has 2 rings (SSSR count). The number of hydrogen-bond acceptors (Lipinski definition) is 2. The van der Waals surface area contributed by atoms with Crippen LogP contribution in [0.15, 0.2) is 48.5 Å². The molecule has 0 saturated carbocycles. The molecule has 0 unspecified atom stereocenters. The summed E-state index contributed by atoms with van der Waals surface area (Å²) in [5, 5.41) is 2.89. The molecule has 1 amide bonds. The molecule has 2 aromatic rings. The Bertz CT molecular complexity index is 589. The number of ether oxygens (including phenoxy) is 1. The molecule has 0 radical (unpaired) electrons. The SMILES string of the molecule is CC.CC.CCCCCOc1ccc(C(=O)Nc2ccc(C)cc2)cc1. The van der Waals surface area contributed by atoms with Gasteiger partial charge in [0.2, 0.25) is 0 Å².